The number of carbonyl (C=O) groups excluding carboxylic acids is 3. The third-order valence-corrected chi connectivity index (χ3v) is 7.90. The van der Waals surface area contributed by atoms with Crippen LogP contribution in [0.1, 0.15) is 27.0 Å². The van der Waals surface area contributed by atoms with Crippen molar-refractivity contribution >= 4 is 77.5 Å². The van der Waals surface area contributed by atoms with Crippen molar-refractivity contribution in [2.45, 2.75) is 13.5 Å². The minimum absolute atomic E-state index is 0.270. The van der Waals surface area contributed by atoms with E-state index in [1.807, 2.05) is 55.6 Å². The number of nitrogens with zero attached hydrogens (tertiary/aromatic N) is 2. The van der Waals surface area contributed by atoms with Crippen molar-refractivity contribution in [2.24, 2.45) is 0 Å². The van der Waals surface area contributed by atoms with Crippen LogP contribution in [0.4, 0.5) is 4.79 Å². The van der Waals surface area contributed by atoms with Gasteiger partial charge in [0.2, 0.25) is 0 Å². The second-order valence-electron chi connectivity index (χ2n) is 8.56. The summed E-state index contributed by atoms with van der Waals surface area (Å²) in [6, 6.07) is 21.2. The molecule has 0 N–H and O–H groups in total. The van der Waals surface area contributed by atoms with Gasteiger partial charge in [0.1, 0.15) is 0 Å². The molecule has 1 aromatic heterocycles. The van der Waals surface area contributed by atoms with Crippen molar-refractivity contribution in [3.8, 4) is 0 Å². The zero-order valence-corrected chi connectivity index (χ0v) is 23.2. The highest BCUT2D eigenvalue weighted by atomic mass is 79.9. The Kier molecular flexibility index (Phi) is 7.01. The lowest BCUT2D eigenvalue weighted by molar-refractivity contribution is -0.122. The van der Waals surface area contributed by atoms with Gasteiger partial charge in [-0.1, -0.05) is 73.8 Å². The van der Waals surface area contributed by atoms with E-state index in [1.54, 1.807) is 18.2 Å². The van der Waals surface area contributed by atoms with Crippen LogP contribution in [-0.4, -0.2) is 32.9 Å². The Hall–Kier alpha value is -2.94. The molecule has 0 bridgehead atoms. The lowest BCUT2D eigenvalue weighted by Gasteiger charge is -2.11. The van der Waals surface area contributed by atoms with Gasteiger partial charge in [0.25, 0.3) is 11.1 Å². The molecule has 0 saturated carbocycles. The molecule has 5 rings (SSSR count). The summed E-state index contributed by atoms with van der Waals surface area (Å²) in [5.41, 5.74) is 4.50. The van der Waals surface area contributed by atoms with Gasteiger partial charge in [0.05, 0.1) is 11.4 Å². The molecule has 3 aromatic carbocycles. The third kappa shape index (κ3) is 5.12. The van der Waals surface area contributed by atoms with Crippen LogP contribution in [0, 0.1) is 6.92 Å². The predicted octanol–water partition coefficient (Wildman–Crippen LogP) is 7.44. The summed E-state index contributed by atoms with van der Waals surface area (Å²) < 4.78 is 4.06. The van der Waals surface area contributed by atoms with Crippen molar-refractivity contribution in [3.63, 3.8) is 0 Å². The number of hydrogen-bond acceptors (Lipinski definition) is 4. The van der Waals surface area contributed by atoms with E-state index in [9.17, 15) is 14.4 Å². The van der Waals surface area contributed by atoms with E-state index in [1.165, 1.54) is 0 Å². The molecule has 0 radical (unpaired) electrons. The summed E-state index contributed by atoms with van der Waals surface area (Å²) >= 11 is 7.88. The van der Waals surface area contributed by atoms with Crippen molar-refractivity contribution in [3.05, 3.63) is 109 Å². The number of benzene rings is 3. The number of fused-ring (bicyclic) bond motifs is 1. The quantitative estimate of drug-likeness (QED) is 0.165. The van der Waals surface area contributed by atoms with E-state index >= 15 is 0 Å². The fraction of sp³-hybridized carbons (Fsp3) is 0.107. The fourth-order valence-corrected chi connectivity index (χ4v) is 5.54. The van der Waals surface area contributed by atoms with E-state index in [-0.39, 0.29) is 12.3 Å². The van der Waals surface area contributed by atoms with Crippen LogP contribution >= 0.6 is 43.6 Å². The summed E-state index contributed by atoms with van der Waals surface area (Å²) in [6.07, 6.45) is 3.73. The van der Waals surface area contributed by atoms with Crippen molar-refractivity contribution in [2.75, 3.05) is 6.54 Å². The highest BCUT2D eigenvalue weighted by Gasteiger charge is 2.36. The predicted molar refractivity (Wildman–Crippen MR) is 151 cm³/mol. The van der Waals surface area contributed by atoms with Gasteiger partial charge in [0.15, 0.2) is 5.78 Å². The smallest absolute Gasteiger partial charge is 0.293 e. The van der Waals surface area contributed by atoms with Crippen molar-refractivity contribution < 1.29 is 14.4 Å². The molecule has 180 valence electrons. The Balaban J connectivity index is 1.44. The van der Waals surface area contributed by atoms with Crippen LogP contribution in [0.15, 0.2) is 86.8 Å². The first kappa shape index (κ1) is 24.7. The molecule has 2 heterocycles. The number of Topliss-reactive ketones (excluding diaryl/α,β-unsaturated/α-hetero) is 1. The second-order valence-corrected chi connectivity index (χ2v) is 11.4. The van der Waals surface area contributed by atoms with Crippen LogP contribution in [-0.2, 0) is 11.3 Å². The van der Waals surface area contributed by atoms with Gasteiger partial charge in [0, 0.05) is 43.7 Å². The van der Waals surface area contributed by atoms with Crippen LogP contribution < -0.4 is 0 Å². The lowest BCUT2D eigenvalue weighted by atomic mass is 10.1. The molecule has 8 heteroatoms. The minimum atomic E-state index is -0.450. The molecule has 4 aromatic rings. The summed E-state index contributed by atoms with van der Waals surface area (Å²) in [6.45, 7) is 2.32. The first-order valence-corrected chi connectivity index (χ1v) is 13.6. The van der Waals surface area contributed by atoms with E-state index in [0.29, 0.717) is 17.0 Å². The number of rotatable bonds is 6. The monoisotopic (exact) mass is 622 g/mol. The molecule has 36 heavy (non-hydrogen) atoms. The zero-order chi connectivity index (χ0) is 25.4. The van der Waals surface area contributed by atoms with E-state index in [2.05, 4.69) is 48.6 Å². The average Bonchev–Trinajstić information content (AvgIpc) is 3.32. The molecule has 0 spiro atoms. The van der Waals surface area contributed by atoms with Gasteiger partial charge < -0.3 is 4.57 Å². The Morgan fingerprint density at radius 1 is 0.944 bits per heavy atom. The number of halogens is 2. The Morgan fingerprint density at radius 3 is 2.36 bits per heavy atom. The molecule has 0 aliphatic carbocycles. The standard InChI is InChI=1S/C28H20Br2N2O3S/c1-17-2-6-19(7-3-17)25(33)16-32-27(34)26(36-28(32)35)12-20-15-31(14-18-4-8-21(29)9-5-18)24-11-10-22(30)13-23(20)24/h2-13,15H,14,16H2,1H3/b26-12-. The van der Waals surface area contributed by atoms with Gasteiger partial charge in [-0.25, -0.2) is 0 Å². The molecule has 2 amide bonds. The molecule has 0 unspecified atom stereocenters. The molecular weight excluding hydrogens is 604 g/mol. The third-order valence-electron chi connectivity index (χ3n) is 5.98. The molecule has 0 atom stereocenters. The molecule has 1 saturated heterocycles. The van der Waals surface area contributed by atoms with Crippen molar-refractivity contribution in [1.29, 1.82) is 0 Å². The fourth-order valence-electron chi connectivity index (χ4n) is 4.08. The topological polar surface area (TPSA) is 59.4 Å². The maximum atomic E-state index is 13.1. The minimum Gasteiger partial charge on any atom is -0.342 e. The Labute approximate surface area is 229 Å². The van der Waals surface area contributed by atoms with Crippen LogP contribution in [0.5, 0.6) is 0 Å². The number of ketones is 1. The Bertz CT molecular complexity index is 1540. The van der Waals surface area contributed by atoms with Crippen LogP contribution in [0.25, 0.3) is 17.0 Å². The molecule has 1 aliphatic heterocycles. The van der Waals surface area contributed by atoms with Gasteiger partial charge in [-0.05, 0) is 60.7 Å². The lowest BCUT2D eigenvalue weighted by Crippen LogP contribution is -2.33. The maximum Gasteiger partial charge on any atom is 0.293 e. The van der Waals surface area contributed by atoms with Gasteiger partial charge in [-0.3, -0.25) is 19.3 Å². The zero-order valence-electron chi connectivity index (χ0n) is 19.2. The average molecular weight is 624 g/mol. The van der Waals surface area contributed by atoms with Gasteiger partial charge >= 0.3 is 0 Å². The molecule has 1 aliphatic rings. The number of aryl methyl sites for hydroxylation is 1. The summed E-state index contributed by atoms with van der Waals surface area (Å²) in [5, 5.41) is 0.524. The van der Waals surface area contributed by atoms with E-state index in [4.69, 9.17) is 0 Å². The summed E-state index contributed by atoms with van der Waals surface area (Å²) in [5.74, 6) is -0.720. The molecule has 1 fully saturated rings. The summed E-state index contributed by atoms with van der Waals surface area (Å²) in [4.78, 5) is 39.8. The highest BCUT2D eigenvalue weighted by Crippen LogP contribution is 2.35. The van der Waals surface area contributed by atoms with Gasteiger partial charge in [-0.2, -0.15) is 0 Å². The van der Waals surface area contributed by atoms with E-state index in [0.717, 1.165) is 53.2 Å². The number of hydrogen-bond donors (Lipinski definition) is 0. The normalized spacial score (nSPS) is 14.9. The second kappa shape index (κ2) is 10.2. The summed E-state index contributed by atoms with van der Waals surface area (Å²) in [7, 11) is 0. The first-order valence-electron chi connectivity index (χ1n) is 11.2. The van der Waals surface area contributed by atoms with Crippen LogP contribution in [0.3, 0.4) is 0 Å². The van der Waals surface area contributed by atoms with Crippen LogP contribution in [0.2, 0.25) is 0 Å². The molecule has 5 nitrogen and oxygen atoms in total. The first-order chi connectivity index (χ1) is 17.3. The highest BCUT2D eigenvalue weighted by molar-refractivity contribution is 9.10. The number of aromatic nitrogens is 1. The largest absolute Gasteiger partial charge is 0.342 e. The molecular formula is C28H20Br2N2O3S. The van der Waals surface area contributed by atoms with E-state index < -0.39 is 11.1 Å². The Morgan fingerprint density at radius 2 is 1.64 bits per heavy atom. The SMILES string of the molecule is Cc1ccc(C(=O)CN2C(=O)S/C(=C\c3cn(Cc4ccc(Br)cc4)c4ccc(Br)cc34)C2=O)cc1. The number of imide groups is 1. The number of amides is 2. The van der Waals surface area contributed by atoms with Crippen molar-refractivity contribution in [1.82, 2.24) is 9.47 Å². The van der Waals surface area contributed by atoms with Gasteiger partial charge in [-0.15, -0.1) is 0 Å². The number of carbonyl (C=O) groups is 3. The maximum absolute atomic E-state index is 13.1. The number of thioether (sulfide) groups is 1.